The first-order valence-electron chi connectivity index (χ1n) is 2.49. The van der Waals surface area contributed by atoms with Gasteiger partial charge in [0.1, 0.15) is 0 Å². The van der Waals surface area contributed by atoms with Gasteiger partial charge in [0.25, 0.3) is 0 Å². The highest BCUT2D eigenvalue weighted by molar-refractivity contribution is 7.59. The van der Waals surface area contributed by atoms with Gasteiger partial charge in [-0.2, -0.15) is 13.5 Å². The van der Waals surface area contributed by atoms with Crippen LogP contribution in [0.4, 0.5) is 0 Å². The zero-order valence-corrected chi connectivity index (χ0v) is 6.68. The van der Waals surface area contributed by atoms with Gasteiger partial charge in [-0.1, -0.05) is 0 Å². The summed E-state index contributed by atoms with van der Waals surface area (Å²) in [6.45, 7) is 1.76. The van der Waals surface area contributed by atoms with Crippen molar-refractivity contribution in [2.24, 2.45) is 5.73 Å². The monoisotopic (exact) mass is 151 g/mol. The molecule has 0 aliphatic carbocycles. The summed E-state index contributed by atoms with van der Waals surface area (Å²) in [4.78, 5) is 10.3. The molecule has 0 spiro atoms. The average Bonchev–Trinajstić information content (AvgIpc) is 1.65. The zero-order chi connectivity index (χ0) is 6.57. The molecule has 0 unspecified atom stereocenters. The quantitative estimate of drug-likeness (QED) is 0.566. The number of rotatable bonds is 2. The van der Waals surface area contributed by atoms with Gasteiger partial charge >= 0.3 is 5.97 Å². The number of ether oxygens (including phenoxy) is 1. The average molecular weight is 151 g/mol. The molecule has 4 heteroatoms. The van der Waals surface area contributed by atoms with E-state index < -0.39 is 0 Å². The number of esters is 1. The lowest BCUT2D eigenvalue weighted by atomic mass is 10.3. The Hall–Kier alpha value is -0.220. The van der Waals surface area contributed by atoms with Crippen LogP contribution in [0.1, 0.15) is 13.3 Å². The zero-order valence-electron chi connectivity index (χ0n) is 5.68. The fourth-order valence-corrected chi connectivity index (χ4v) is 0.346. The SMILES string of the molecule is COC(=O)C[C@H](C)N.S. The van der Waals surface area contributed by atoms with Crippen LogP contribution in [0.5, 0.6) is 0 Å². The van der Waals surface area contributed by atoms with Crippen LogP contribution < -0.4 is 5.73 Å². The molecule has 0 aromatic heterocycles. The van der Waals surface area contributed by atoms with Crippen LogP contribution in [0.2, 0.25) is 0 Å². The molecule has 0 rings (SSSR count). The van der Waals surface area contributed by atoms with Crippen LogP contribution in [-0.2, 0) is 9.53 Å². The second-order valence-corrected chi connectivity index (χ2v) is 1.76. The van der Waals surface area contributed by atoms with E-state index in [0.717, 1.165) is 0 Å². The molecule has 3 nitrogen and oxygen atoms in total. The van der Waals surface area contributed by atoms with Crippen molar-refractivity contribution in [3.63, 3.8) is 0 Å². The third kappa shape index (κ3) is 7.78. The van der Waals surface area contributed by atoms with E-state index in [1.807, 2.05) is 0 Å². The van der Waals surface area contributed by atoms with E-state index in [2.05, 4.69) is 4.74 Å². The van der Waals surface area contributed by atoms with E-state index in [1.165, 1.54) is 7.11 Å². The molecule has 0 amide bonds. The van der Waals surface area contributed by atoms with Crippen molar-refractivity contribution in [3.05, 3.63) is 0 Å². The number of carbonyl (C=O) groups excluding carboxylic acids is 1. The number of methoxy groups -OCH3 is 1. The second kappa shape index (κ2) is 5.91. The highest BCUT2D eigenvalue weighted by Crippen LogP contribution is 1.86. The van der Waals surface area contributed by atoms with E-state index >= 15 is 0 Å². The normalized spacial score (nSPS) is 11.4. The van der Waals surface area contributed by atoms with E-state index in [1.54, 1.807) is 6.92 Å². The molecule has 9 heavy (non-hydrogen) atoms. The van der Waals surface area contributed by atoms with Crippen molar-refractivity contribution in [3.8, 4) is 0 Å². The maximum absolute atomic E-state index is 10.3. The molecule has 2 N–H and O–H groups in total. The van der Waals surface area contributed by atoms with Crippen LogP contribution in [0.15, 0.2) is 0 Å². The lowest BCUT2D eigenvalue weighted by molar-refractivity contribution is -0.140. The van der Waals surface area contributed by atoms with Gasteiger partial charge in [0.05, 0.1) is 13.5 Å². The van der Waals surface area contributed by atoms with Crippen LogP contribution >= 0.6 is 13.5 Å². The summed E-state index contributed by atoms with van der Waals surface area (Å²) in [6, 6.07) is -0.0950. The Labute approximate surface area is 62.0 Å². The van der Waals surface area contributed by atoms with Crippen molar-refractivity contribution < 1.29 is 9.53 Å². The Kier molecular flexibility index (Phi) is 7.59. The van der Waals surface area contributed by atoms with Crippen molar-refractivity contribution >= 4 is 19.5 Å². The molecule has 0 bridgehead atoms. The lowest BCUT2D eigenvalue weighted by Gasteiger charge is -2.00. The molecule has 0 heterocycles. The van der Waals surface area contributed by atoms with E-state index in [0.29, 0.717) is 6.42 Å². The minimum atomic E-state index is -0.250. The molecule has 0 aliphatic heterocycles. The van der Waals surface area contributed by atoms with Gasteiger partial charge in [0.15, 0.2) is 0 Å². The molecule has 0 aliphatic rings. The molecule has 0 aromatic rings. The lowest BCUT2D eigenvalue weighted by Crippen LogP contribution is -2.20. The first-order valence-corrected chi connectivity index (χ1v) is 2.49. The highest BCUT2D eigenvalue weighted by Gasteiger charge is 2.01. The standard InChI is InChI=1S/C5H11NO2.H2S/c1-4(6)3-5(7)8-2;/h4H,3,6H2,1-2H3;1H2/t4-;/m0./s1. The molecular formula is C5H13NO2S. The fraction of sp³-hybridized carbons (Fsp3) is 0.800. The Balaban J connectivity index is 0. The largest absolute Gasteiger partial charge is 0.469 e. The van der Waals surface area contributed by atoms with E-state index in [4.69, 9.17) is 5.73 Å². The molecule has 0 saturated heterocycles. The summed E-state index contributed by atoms with van der Waals surface area (Å²) in [6.07, 6.45) is 0.302. The van der Waals surface area contributed by atoms with Crippen LogP contribution in [-0.4, -0.2) is 19.1 Å². The Morgan fingerprint density at radius 3 is 2.33 bits per heavy atom. The van der Waals surface area contributed by atoms with Crippen molar-refractivity contribution in [2.45, 2.75) is 19.4 Å². The third-order valence-corrected chi connectivity index (χ3v) is 0.716. The predicted molar refractivity (Wildman–Crippen MR) is 40.7 cm³/mol. The van der Waals surface area contributed by atoms with Gasteiger partial charge in [-0.25, -0.2) is 0 Å². The van der Waals surface area contributed by atoms with Crippen molar-refractivity contribution in [2.75, 3.05) is 7.11 Å². The maximum atomic E-state index is 10.3. The van der Waals surface area contributed by atoms with Crippen molar-refractivity contribution in [1.29, 1.82) is 0 Å². The Morgan fingerprint density at radius 1 is 1.78 bits per heavy atom. The summed E-state index contributed by atoms with van der Waals surface area (Å²) in [5, 5.41) is 0. The topological polar surface area (TPSA) is 52.3 Å². The first-order chi connectivity index (χ1) is 3.66. The number of carbonyl (C=O) groups is 1. The number of hydrogen-bond acceptors (Lipinski definition) is 3. The van der Waals surface area contributed by atoms with Gasteiger partial charge in [-0.05, 0) is 6.92 Å². The summed E-state index contributed by atoms with van der Waals surface area (Å²) < 4.78 is 4.34. The Bertz CT molecular complexity index is 85.0. The van der Waals surface area contributed by atoms with Crippen LogP contribution in [0.3, 0.4) is 0 Å². The summed E-state index contributed by atoms with van der Waals surface area (Å²) in [7, 11) is 1.35. The van der Waals surface area contributed by atoms with E-state index in [-0.39, 0.29) is 25.5 Å². The molecule has 0 saturated carbocycles. The summed E-state index contributed by atoms with van der Waals surface area (Å²) >= 11 is 0. The van der Waals surface area contributed by atoms with Gasteiger partial charge < -0.3 is 10.5 Å². The smallest absolute Gasteiger partial charge is 0.307 e. The second-order valence-electron chi connectivity index (χ2n) is 1.76. The summed E-state index contributed by atoms with van der Waals surface area (Å²) in [5.74, 6) is -0.250. The molecule has 0 radical (unpaired) electrons. The first kappa shape index (κ1) is 11.6. The highest BCUT2D eigenvalue weighted by atomic mass is 32.1. The molecular weight excluding hydrogens is 138 g/mol. The minimum Gasteiger partial charge on any atom is -0.469 e. The van der Waals surface area contributed by atoms with Gasteiger partial charge in [-0.3, -0.25) is 4.79 Å². The van der Waals surface area contributed by atoms with Crippen molar-refractivity contribution in [1.82, 2.24) is 0 Å². The fourth-order valence-electron chi connectivity index (χ4n) is 0.346. The molecule has 0 aromatic carbocycles. The predicted octanol–water partition coefficient (Wildman–Crippen LogP) is 0.00950. The molecule has 0 fully saturated rings. The number of hydrogen-bond donors (Lipinski definition) is 1. The molecule has 56 valence electrons. The number of nitrogens with two attached hydrogens (primary N) is 1. The van der Waals surface area contributed by atoms with Crippen LogP contribution in [0.25, 0.3) is 0 Å². The maximum Gasteiger partial charge on any atom is 0.307 e. The molecule has 1 atom stereocenters. The third-order valence-electron chi connectivity index (χ3n) is 0.716. The minimum absolute atomic E-state index is 0. The summed E-state index contributed by atoms with van der Waals surface area (Å²) in [5.41, 5.74) is 5.27. The van der Waals surface area contributed by atoms with Gasteiger partial charge in [-0.15, -0.1) is 0 Å². The van der Waals surface area contributed by atoms with E-state index in [9.17, 15) is 4.79 Å². The van der Waals surface area contributed by atoms with Gasteiger partial charge in [0, 0.05) is 6.04 Å². The Morgan fingerprint density at radius 2 is 2.22 bits per heavy atom. The van der Waals surface area contributed by atoms with Gasteiger partial charge in [0.2, 0.25) is 0 Å². The van der Waals surface area contributed by atoms with Crippen LogP contribution in [0, 0.1) is 0 Å².